The molecule has 3 saturated carbocycles. The summed E-state index contributed by atoms with van der Waals surface area (Å²) in [7, 11) is 1.91. The van der Waals surface area contributed by atoms with Crippen LogP contribution in [0, 0.1) is 11.3 Å². The van der Waals surface area contributed by atoms with Crippen molar-refractivity contribution in [1.82, 2.24) is 19.8 Å². The Kier molecular flexibility index (Phi) is 7.32. The lowest BCUT2D eigenvalue weighted by atomic mass is 9.63. The third-order valence-corrected chi connectivity index (χ3v) is 9.37. The number of anilines is 3. The van der Waals surface area contributed by atoms with E-state index in [2.05, 4.69) is 26.7 Å². The van der Waals surface area contributed by atoms with Crippen LogP contribution in [0.2, 0.25) is 0 Å². The Morgan fingerprint density at radius 3 is 2.62 bits per heavy atom. The largest absolute Gasteiger partial charge is 0.390 e. The summed E-state index contributed by atoms with van der Waals surface area (Å²) >= 11 is 0. The van der Waals surface area contributed by atoms with Crippen molar-refractivity contribution in [1.29, 1.82) is 5.26 Å². The number of aldehydes is 1. The summed E-state index contributed by atoms with van der Waals surface area (Å²) in [4.78, 5) is 52.2. The molecule has 1 saturated heterocycles. The highest BCUT2D eigenvalue weighted by atomic mass is 16.3. The van der Waals surface area contributed by atoms with Gasteiger partial charge in [-0.3, -0.25) is 24.7 Å². The number of carbonyl (C=O) groups is 3. The van der Waals surface area contributed by atoms with Crippen molar-refractivity contribution in [2.45, 2.75) is 69.1 Å². The minimum atomic E-state index is -0.565. The van der Waals surface area contributed by atoms with E-state index < -0.39 is 11.6 Å². The molecule has 0 radical (unpaired) electrons. The molecule has 3 aliphatic carbocycles. The van der Waals surface area contributed by atoms with Crippen LogP contribution in [0.3, 0.4) is 0 Å². The van der Waals surface area contributed by atoms with Crippen molar-refractivity contribution >= 4 is 35.5 Å². The van der Waals surface area contributed by atoms with E-state index in [9.17, 15) is 24.8 Å². The molecule has 12 heteroatoms. The Morgan fingerprint density at radius 1 is 1.17 bits per heavy atom. The van der Waals surface area contributed by atoms with Crippen LogP contribution >= 0.6 is 0 Å². The van der Waals surface area contributed by atoms with Gasteiger partial charge in [-0.2, -0.15) is 5.26 Å². The third kappa shape index (κ3) is 5.42. The first-order valence-corrected chi connectivity index (χ1v) is 14.6. The van der Waals surface area contributed by atoms with Gasteiger partial charge in [0.25, 0.3) is 0 Å². The molecule has 3 N–H and O–H groups in total. The number of likely N-dealkylation sites (N-methyl/N-ethyl adjacent to an activating group) is 1. The van der Waals surface area contributed by atoms with Gasteiger partial charge in [0.05, 0.1) is 23.4 Å². The molecular formula is C30H36N8O4. The minimum Gasteiger partial charge on any atom is -0.390 e. The molecule has 220 valence electrons. The SMILES string of the molecule is CN1CCN(Cc2cc3c(nc2C=O)N(C(=O)Nc2cc(NC45CCC(O)(CC4)CC5)c(C#N)cn2)CCC3)C(=O)C1. The molecule has 2 aliphatic heterocycles. The lowest BCUT2D eigenvalue weighted by molar-refractivity contribution is -0.136. The first-order chi connectivity index (χ1) is 20.2. The number of pyridine rings is 2. The number of amides is 3. The van der Waals surface area contributed by atoms with Gasteiger partial charge in [-0.1, -0.05) is 0 Å². The van der Waals surface area contributed by atoms with Gasteiger partial charge in [0, 0.05) is 49.5 Å². The van der Waals surface area contributed by atoms with E-state index in [1.54, 1.807) is 11.0 Å². The Hall–Kier alpha value is -4.08. The summed E-state index contributed by atoms with van der Waals surface area (Å²) in [5, 5.41) is 26.7. The normalized spacial score (nSPS) is 25.5. The minimum absolute atomic E-state index is 0.0104. The Morgan fingerprint density at radius 2 is 1.93 bits per heavy atom. The average molecular weight is 573 g/mol. The van der Waals surface area contributed by atoms with E-state index in [-0.39, 0.29) is 17.1 Å². The zero-order chi connectivity index (χ0) is 29.5. The number of nitriles is 1. The van der Waals surface area contributed by atoms with Crippen LogP contribution in [0.25, 0.3) is 0 Å². The second-order valence-corrected chi connectivity index (χ2v) is 12.2. The number of urea groups is 1. The fraction of sp³-hybridized carbons (Fsp3) is 0.533. The fourth-order valence-corrected chi connectivity index (χ4v) is 6.72. The number of rotatable bonds is 6. The number of hydrogen-bond donors (Lipinski definition) is 3. The number of aliphatic hydroxyl groups is 1. The monoisotopic (exact) mass is 572 g/mol. The van der Waals surface area contributed by atoms with Crippen LogP contribution in [-0.4, -0.2) is 87.5 Å². The van der Waals surface area contributed by atoms with Gasteiger partial charge in [-0.15, -0.1) is 0 Å². The third-order valence-electron chi connectivity index (χ3n) is 9.37. The summed E-state index contributed by atoms with van der Waals surface area (Å²) in [6.07, 6.45) is 8.20. The standard InChI is InChI=1S/C30H36N8O4/c1-36-11-12-37(26(40)18-36)17-21-13-20-3-2-10-38(27(20)33-24(21)19-39)28(41)34-25-14-23(22(15-31)16-32-25)35-29-4-7-30(42,8-5-29)9-6-29/h13-14,16,19,42H,2-12,17-18H2,1H3,(H2,32,34,35,41). The van der Waals surface area contributed by atoms with Crippen LogP contribution in [0.4, 0.5) is 22.1 Å². The lowest BCUT2D eigenvalue weighted by Crippen LogP contribution is -2.53. The van der Waals surface area contributed by atoms with Crippen molar-refractivity contribution in [2.24, 2.45) is 0 Å². The first-order valence-electron chi connectivity index (χ1n) is 14.6. The quantitative estimate of drug-likeness (QED) is 0.443. The Balaban J connectivity index is 1.20. The predicted molar refractivity (Wildman–Crippen MR) is 155 cm³/mol. The summed E-state index contributed by atoms with van der Waals surface area (Å²) < 4.78 is 0. The Bertz CT molecular complexity index is 1450. The number of fused-ring (bicyclic) bond motifs is 4. The maximum Gasteiger partial charge on any atom is 0.328 e. The first kappa shape index (κ1) is 28.1. The van der Waals surface area contributed by atoms with E-state index in [4.69, 9.17) is 0 Å². The highest BCUT2D eigenvalue weighted by Crippen LogP contribution is 2.48. The van der Waals surface area contributed by atoms with Gasteiger partial charge in [-0.25, -0.2) is 14.8 Å². The van der Waals surface area contributed by atoms with Gasteiger partial charge in [0.15, 0.2) is 6.29 Å². The molecule has 7 rings (SSSR count). The van der Waals surface area contributed by atoms with Gasteiger partial charge in [-0.05, 0) is 70.0 Å². The average Bonchev–Trinajstić information content (AvgIpc) is 2.99. The van der Waals surface area contributed by atoms with Crippen molar-refractivity contribution in [3.8, 4) is 6.07 Å². The molecule has 4 fully saturated rings. The van der Waals surface area contributed by atoms with Crippen molar-refractivity contribution in [3.63, 3.8) is 0 Å². The number of aromatic nitrogens is 2. The predicted octanol–water partition coefficient (Wildman–Crippen LogP) is 2.67. The summed E-state index contributed by atoms with van der Waals surface area (Å²) in [6.45, 7) is 2.41. The lowest BCUT2D eigenvalue weighted by Gasteiger charge is -2.51. The van der Waals surface area contributed by atoms with Crippen molar-refractivity contribution < 1.29 is 19.5 Å². The zero-order valence-corrected chi connectivity index (χ0v) is 23.9. The van der Waals surface area contributed by atoms with E-state index >= 15 is 0 Å². The number of piperazine rings is 1. The van der Waals surface area contributed by atoms with Gasteiger partial charge in [0.2, 0.25) is 5.91 Å². The molecule has 0 spiro atoms. The topological polar surface area (TPSA) is 155 Å². The van der Waals surface area contributed by atoms with Crippen LogP contribution in [-0.2, 0) is 17.8 Å². The molecule has 0 aromatic carbocycles. The molecule has 3 amide bonds. The molecule has 0 atom stereocenters. The molecule has 4 heterocycles. The zero-order valence-electron chi connectivity index (χ0n) is 23.9. The number of nitrogens with zero attached hydrogens (tertiary/aromatic N) is 6. The molecule has 42 heavy (non-hydrogen) atoms. The maximum atomic E-state index is 13.5. The van der Waals surface area contributed by atoms with Crippen LogP contribution < -0.4 is 15.5 Å². The van der Waals surface area contributed by atoms with E-state index in [0.29, 0.717) is 67.3 Å². The maximum absolute atomic E-state index is 13.5. The van der Waals surface area contributed by atoms with Crippen LogP contribution in [0.15, 0.2) is 18.3 Å². The number of aryl methyl sites for hydroxylation is 1. The van der Waals surface area contributed by atoms with Gasteiger partial charge < -0.3 is 15.3 Å². The molecule has 12 nitrogen and oxygen atoms in total. The molecule has 0 unspecified atom stereocenters. The number of nitrogens with one attached hydrogen (secondary N) is 2. The van der Waals surface area contributed by atoms with Crippen molar-refractivity contribution in [2.75, 3.05) is 48.8 Å². The van der Waals surface area contributed by atoms with Crippen LogP contribution in [0.1, 0.15) is 72.1 Å². The molecule has 2 aromatic rings. The summed E-state index contributed by atoms with van der Waals surface area (Å²) in [6, 6.07) is 5.34. The second-order valence-electron chi connectivity index (χ2n) is 12.2. The number of hydrogen-bond acceptors (Lipinski definition) is 9. The molecule has 5 aliphatic rings. The van der Waals surface area contributed by atoms with E-state index in [1.807, 2.05) is 18.0 Å². The smallest absolute Gasteiger partial charge is 0.328 e. The highest BCUT2D eigenvalue weighted by Gasteiger charge is 2.47. The van der Waals surface area contributed by atoms with Gasteiger partial charge >= 0.3 is 6.03 Å². The molecular weight excluding hydrogens is 536 g/mol. The van der Waals surface area contributed by atoms with Gasteiger partial charge in [0.1, 0.15) is 23.4 Å². The van der Waals surface area contributed by atoms with Crippen molar-refractivity contribution in [3.05, 3.63) is 40.7 Å². The van der Waals surface area contributed by atoms with E-state index in [1.165, 1.54) is 11.1 Å². The van der Waals surface area contributed by atoms with E-state index in [0.717, 1.165) is 57.1 Å². The summed E-state index contributed by atoms with van der Waals surface area (Å²) in [5.74, 6) is 0.738. The summed E-state index contributed by atoms with van der Waals surface area (Å²) in [5.41, 5.74) is 1.99. The fourth-order valence-electron chi connectivity index (χ4n) is 6.72. The van der Waals surface area contributed by atoms with Crippen LogP contribution in [0.5, 0.6) is 0 Å². The Labute approximate surface area is 244 Å². The molecule has 2 bridgehead atoms. The number of carbonyl (C=O) groups excluding carboxylic acids is 3. The second kappa shape index (κ2) is 11.0. The molecule has 2 aromatic heterocycles. The highest BCUT2D eigenvalue weighted by molar-refractivity contribution is 6.02.